The molecule has 9 nitrogen and oxygen atoms in total. The lowest BCUT2D eigenvalue weighted by molar-refractivity contribution is -0.153. The maximum atomic E-state index is 13.0. The van der Waals surface area contributed by atoms with E-state index >= 15 is 0 Å². The van der Waals surface area contributed by atoms with Crippen molar-refractivity contribution in [2.24, 2.45) is 11.8 Å². The van der Waals surface area contributed by atoms with E-state index in [1.165, 1.54) is 0 Å². The normalized spacial score (nSPS) is 14.3. The Hall–Kier alpha value is -4.14. The van der Waals surface area contributed by atoms with Gasteiger partial charge in [0.2, 0.25) is 11.7 Å². The van der Waals surface area contributed by atoms with Gasteiger partial charge in [0.05, 0.1) is 11.2 Å². The molecule has 1 aliphatic carbocycles. The van der Waals surface area contributed by atoms with Crippen LogP contribution in [-0.4, -0.2) is 53.5 Å². The van der Waals surface area contributed by atoms with Crippen LogP contribution >= 0.6 is 0 Å². The number of aromatic nitrogens is 5. The highest BCUT2D eigenvalue weighted by atomic mass is 16.4. The predicted molar refractivity (Wildman–Crippen MR) is 130 cm³/mol. The van der Waals surface area contributed by atoms with Gasteiger partial charge in [0.1, 0.15) is 6.04 Å². The average Bonchev–Trinajstić information content (AvgIpc) is 3.56. The van der Waals surface area contributed by atoms with E-state index in [-0.39, 0.29) is 24.3 Å². The highest BCUT2D eigenvalue weighted by molar-refractivity contribution is 5.87. The average molecular weight is 471 g/mol. The van der Waals surface area contributed by atoms with Gasteiger partial charge in [0.15, 0.2) is 0 Å². The molecule has 0 aliphatic heterocycles. The van der Waals surface area contributed by atoms with Crippen molar-refractivity contribution in [2.75, 3.05) is 0 Å². The van der Waals surface area contributed by atoms with E-state index in [1.807, 2.05) is 68.4 Å². The number of aliphatic carboxylic acids is 1. The summed E-state index contributed by atoms with van der Waals surface area (Å²) in [5.74, 6) is -0.735. The lowest BCUT2D eigenvalue weighted by Crippen LogP contribution is -2.48. The second-order valence-corrected chi connectivity index (χ2v) is 9.30. The van der Waals surface area contributed by atoms with Gasteiger partial charge in [-0.05, 0) is 47.7 Å². The molecule has 35 heavy (non-hydrogen) atoms. The standard InChI is InChI=1S/C26H26N6O3/c1-15(2)23(26(34)35)32(25(33)19-8-9-19)14-16-3-11-22-20(13-16)10-12-21(27-22)17-4-6-18(7-5-17)24-28-30-31-29-24/h3-7,10-13,15,19,23H,8-9,14H2,1-2H3,(H,34,35)(H,28,29,30,31). The van der Waals surface area contributed by atoms with Gasteiger partial charge in [-0.25, -0.2) is 9.78 Å². The lowest BCUT2D eigenvalue weighted by atomic mass is 10.0. The number of carboxylic acid groups (broad SMARTS) is 1. The number of rotatable bonds is 8. The fourth-order valence-corrected chi connectivity index (χ4v) is 4.36. The summed E-state index contributed by atoms with van der Waals surface area (Å²) in [6, 6.07) is 16.7. The van der Waals surface area contributed by atoms with Crippen molar-refractivity contribution in [3.05, 3.63) is 60.2 Å². The summed E-state index contributed by atoms with van der Waals surface area (Å²) in [5.41, 5.74) is 4.37. The SMILES string of the molecule is CC(C)C(C(=O)O)N(Cc1ccc2nc(-c3ccc(-c4nn[nH]n4)cc3)ccc2c1)C(=O)C1CC1. The number of carboxylic acids is 1. The minimum atomic E-state index is -0.966. The van der Waals surface area contributed by atoms with Gasteiger partial charge >= 0.3 is 5.97 Å². The third-order valence-electron chi connectivity index (χ3n) is 6.32. The zero-order valence-electron chi connectivity index (χ0n) is 19.5. The molecular formula is C26H26N6O3. The topological polar surface area (TPSA) is 125 Å². The number of nitrogens with zero attached hydrogens (tertiary/aromatic N) is 5. The van der Waals surface area contributed by atoms with Gasteiger partial charge in [0, 0.05) is 29.0 Å². The van der Waals surface area contributed by atoms with Crippen LogP contribution in [0.25, 0.3) is 33.5 Å². The van der Waals surface area contributed by atoms with Gasteiger partial charge in [-0.15, -0.1) is 10.2 Å². The largest absolute Gasteiger partial charge is 0.480 e. The van der Waals surface area contributed by atoms with Crippen LogP contribution in [0.1, 0.15) is 32.3 Å². The number of hydrogen-bond acceptors (Lipinski definition) is 6. The zero-order valence-corrected chi connectivity index (χ0v) is 19.5. The molecule has 2 aromatic heterocycles. The van der Waals surface area contributed by atoms with Crippen molar-refractivity contribution >= 4 is 22.8 Å². The van der Waals surface area contributed by atoms with Crippen molar-refractivity contribution in [2.45, 2.75) is 39.3 Å². The van der Waals surface area contributed by atoms with Crippen LogP contribution < -0.4 is 0 Å². The molecule has 9 heteroatoms. The Bertz CT molecular complexity index is 1360. The molecule has 1 unspecified atom stereocenters. The number of nitrogens with one attached hydrogen (secondary N) is 1. The van der Waals surface area contributed by atoms with Crippen molar-refractivity contribution < 1.29 is 14.7 Å². The third-order valence-corrected chi connectivity index (χ3v) is 6.32. The highest BCUT2D eigenvalue weighted by Gasteiger charge is 2.39. The molecule has 0 saturated heterocycles. The molecule has 1 aliphatic rings. The number of carbonyl (C=O) groups is 2. The van der Waals surface area contributed by atoms with E-state index in [1.54, 1.807) is 4.90 Å². The van der Waals surface area contributed by atoms with Gasteiger partial charge in [-0.2, -0.15) is 5.21 Å². The van der Waals surface area contributed by atoms with E-state index in [2.05, 4.69) is 20.6 Å². The number of hydrogen-bond donors (Lipinski definition) is 2. The van der Waals surface area contributed by atoms with Crippen LogP contribution in [0.3, 0.4) is 0 Å². The van der Waals surface area contributed by atoms with Crippen LogP contribution in [-0.2, 0) is 16.1 Å². The maximum absolute atomic E-state index is 13.0. The van der Waals surface area contributed by atoms with E-state index in [9.17, 15) is 14.7 Å². The number of tetrazole rings is 1. The number of aromatic amines is 1. The number of amides is 1. The first-order valence-corrected chi connectivity index (χ1v) is 11.7. The smallest absolute Gasteiger partial charge is 0.326 e. The molecule has 0 bridgehead atoms. The zero-order chi connectivity index (χ0) is 24.5. The van der Waals surface area contributed by atoms with Crippen molar-refractivity contribution in [1.82, 2.24) is 30.5 Å². The van der Waals surface area contributed by atoms with Crippen LogP contribution in [0.5, 0.6) is 0 Å². The first-order valence-electron chi connectivity index (χ1n) is 11.7. The van der Waals surface area contributed by atoms with E-state index in [0.29, 0.717) is 5.82 Å². The number of H-pyrrole nitrogens is 1. The third kappa shape index (κ3) is 4.75. The fourth-order valence-electron chi connectivity index (χ4n) is 4.36. The molecule has 178 valence electrons. The first-order chi connectivity index (χ1) is 16.9. The second kappa shape index (κ2) is 9.25. The van der Waals surface area contributed by atoms with E-state index < -0.39 is 12.0 Å². The Morgan fingerprint density at radius 2 is 1.80 bits per heavy atom. The van der Waals surface area contributed by atoms with Crippen molar-refractivity contribution in [3.8, 4) is 22.6 Å². The number of benzene rings is 2. The molecule has 2 aromatic carbocycles. The van der Waals surface area contributed by atoms with Crippen molar-refractivity contribution in [3.63, 3.8) is 0 Å². The summed E-state index contributed by atoms with van der Waals surface area (Å²) in [6.07, 6.45) is 1.67. The van der Waals surface area contributed by atoms with E-state index in [0.717, 1.165) is 46.1 Å². The first kappa shape index (κ1) is 22.6. The van der Waals surface area contributed by atoms with Gasteiger partial charge in [-0.3, -0.25) is 4.79 Å². The second-order valence-electron chi connectivity index (χ2n) is 9.30. The Morgan fingerprint density at radius 1 is 1.06 bits per heavy atom. The molecule has 5 rings (SSSR count). The summed E-state index contributed by atoms with van der Waals surface area (Å²) in [7, 11) is 0. The maximum Gasteiger partial charge on any atom is 0.326 e. The molecule has 1 saturated carbocycles. The monoisotopic (exact) mass is 470 g/mol. The minimum Gasteiger partial charge on any atom is -0.480 e. The molecular weight excluding hydrogens is 444 g/mol. The van der Waals surface area contributed by atoms with Gasteiger partial charge in [-0.1, -0.05) is 50.2 Å². The Morgan fingerprint density at radius 3 is 2.43 bits per heavy atom. The van der Waals surface area contributed by atoms with Crippen LogP contribution in [0.4, 0.5) is 0 Å². The fraction of sp³-hybridized carbons (Fsp3) is 0.308. The summed E-state index contributed by atoms with van der Waals surface area (Å²) >= 11 is 0. The minimum absolute atomic E-state index is 0.0493. The lowest BCUT2D eigenvalue weighted by Gasteiger charge is -2.32. The summed E-state index contributed by atoms with van der Waals surface area (Å²) in [4.78, 5) is 31.3. The van der Waals surface area contributed by atoms with Crippen LogP contribution in [0.15, 0.2) is 54.6 Å². The molecule has 2 heterocycles. The summed E-state index contributed by atoms with van der Waals surface area (Å²) in [5, 5.41) is 24.8. The van der Waals surface area contributed by atoms with Crippen molar-refractivity contribution in [1.29, 1.82) is 0 Å². The quantitative estimate of drug-likeness (QED) is 0.400. The Kier molecular flexibility index (Phi) is 5.98. The summed E-state index contributed by atoms with van der Waals surface area (Å²) in [6.45, 7) is 3.94. The van der Waals surface area contributed by atoms with Gasteiger partial charge in [0.25, 0.3) is 0 Å². The molecule has 2 N–H and O–H groups in total. The number of carbonyl (C=O) groups excluding carboxylic acids is 1. The molecule has 1 amide bonds. The van der Waals surface area contributed by atoms with Crippen LogP contribution in [0, 0.1) is 11.8 Å². The Balaban J connectivity index is 1.40. The van der Waals surface area contributed by atoms with Gasteiger partial charge < -0.3 is 10.0 Å². The number of fused-ring (bicyclic) bond motifs is 1. The predicted octanol–water partition coefficient (Wildman–Crippen LogP) is 3.93. The van der Waals surface area contributed by atoms with Crippen LogP contribution in [0.2, 0.25) is 0 Å². The molecule has 1 fully saturated rings. The molecule has 0 spiro atoms. The molecule has 4 aromatic rings. The molecule has 1 atom stereocenters. The summed E-state index contributed by atoms with van der Waals surface area (Å²) < 4.78 is 0. The highest BCUT2D eigenvalue weighted by Crippen LogP contribution is 2.33. The Labute approximate surface area is 202 Å². The number of pyridine rings is 1. The van der Waals surface area contributed by atoms with E-state index in [4.69, 9.17) is 4.98 Å². The molecule has 0 radical (unpaired) electrons.